The first kappa shape index (κ1) is 32.8. The normalized spacial score (nSPS) is 11.7. The van der Waals surface area contributed by atoms with Crippen LogP contribution in [-0.2, 0) is 18.5 Å². The van der Waals surface area contributed by atoms with E-state index < -0.39 is 19.8 Å². The molecule has 246 valence electrons. The lowest BCUT2D eigenvalue weighted by Crippen LogP contribution is -2.26. The summed E-state index contributed by atoms with van der Waals surface area (Å²) in [6.07, 6.45) is 3.33. The third-order valence-corrected chi connectivity index (χ3v) is 10.1. The first-order valence-electron chi connectivity index (χ1n) is 15.8. The van der Waals surface area contributed by atoms with Gasteiger partial charge in [-0.05, 0) is 49.7 Å². The monoisotopic (exact) mass is 663 g/mol. The van der Waals surface area contributed by atoms with Gasteiger partial charge in [-0.1, -0.05) is 61.6 Å². The Kier molecular flexibility index (Phi) is 9.00. The molecule has 0 radical (unpaired) electrons. The van der Waals surface area contributed by atoms with Gasteiger partial charge >= 0.3 is 0 Å². The molecule has 0 unspecified atom stereocenters. The van der Waals surface area contributed by atoms with Gasteiger partial charge in [-0.15, -0.1) is 0 Å². The molecular weight excluding hydrogens is 626 g/mol. The molecule has 0 aliphatic heterocycles. The number of carbonyl (C=O) groups is 1. The second-order valence-corrected chi connectivity index (χ2v) is 18.8. The highest BCUT2D eigenvalue weighted by Gasteiger charge is 2.22. The van der Waals surface area contributed by atoms with Crippen LogP contribution < -0.4 is 15.5 Å². The van der Waals surface area contributed by atoms with Crippen LogP contribution in [-0.4, -0.2) is 39.7 Å². The van der Waals surface area contributed by atoms with Crippen molar-refractivity contribution in [2.75, 3.05) is 11.9 Å². The number of benzene rings is 3. The molecule has 0 fully saturated rings. The highest BCUT2D eigenvalue weighted by Crippen LogP contribution is 2.37. The second-order valence-electron chi connectivity index (χ2n) is 13.2. The lowest BCUT2D eigenvalue weighted by atomic mass is 10.1. The van der Waals surface area contributed by atoms with Crippen molar-refractivity contribution in [3.05, 3.63) is 112 Å². The van der Waals surface area contributed by atoms with Gasteiger partial charge in [-0.2, -0.15) is 0 Å². The molecule has 0 saturated heterocycles. The highest BCUT2D eigenvalue weighted by atomic mass is 28.3. The van der Waals surface area contributed by atoms with E-state index in [9.17, 15) is 9.59 Å². The second kappa shape index (κ2) is 13.2. The molecule has 0 atom stereocenters. The quantitative estimate of drug-likeness (QED) is 0.118. The summed E-state index contributed by atoms with van der Waals surface area (Å²) in [5, 5.41) is 3.75. The number of hydrogen-bond acceptors (Lipinski definition) is 6. The lowest BCUT2D eigenvalue weighted by Gasteiger charge is -2.15. The molecule has 0 bridgehead atoms. The van der Waals surface area contributed by atoms with Gasteiger partial charge < -0.3 is 23.9 Å². The Hall–Kier alpha value is -5.13. The van der Waals surface area contributed by atoms with Gasteiger partial charge in [-0.25, -0.2) is 14.4 Å². The van der Waals surface area contributed by atoms with Crippen molar-refractivity contribution in [2.45, 2.75) is 46.3 Å². The van der Waals surface area contributed by atoms with Crippen molar-refractivity contribution in [2.24, 2.45) is 7.05 Å². The summed E-state index contributed by atoms with van der Waals surface area (Å²) in [6, 6.07) is 20.5. The van der Waals surface area contributed by atoms with Crippen molar-refractivity contribution in [3.8, 4) is 22.8 Å². The summed E-state index contributed by atoms with van der Waals surface area (Å²) in [4.78, 5) is 35.7. The van der Waals surface area contributed by atoms with Gasteiger partial charge in [0.2, 0.25) is 11.3 Å². The predicted molar refractivity (Wildman–Crippen MR) is 190 cm³/mol. The Bertz CT molecular complexity index is 2220. The number of fused-ring (bicyclic) bond motifs is 2. The number of hydrogen-bond donors (Lipinski definition) is 1. The fourth-order valence-electron chi connectivity index (χ4n) is 5.65. The van der Waals surface area contributed by atoms with E-state index in [1.54, 1.807) is 20.0 Å². The van der Waals surface area contributed by atoms with Gasteiger partial charge in [0.05, 0.1) is 10.9 Å². The Morgan fingerprint density at radius 1 is 1.00 bits per heavy atom. The molecule has 0 aliphatic rings. The summed E-state index contributed by atoms with van der Waals surface area (Å²) in [7, 11) is 0.546. The molecule has 3 aromatic carbocycles. The molecular formula is C37H38FN5O4Si. The number of aromatic nitrogens is 4. The van der Waals surface area contributed by atoms with E-state index in [1.807, 2.05) is 64.7 Å². The summed E-state index contributed by atoms with van der Waals surface area (Å²) in [5.41, 5.74) is 4.28. The zero-order valence-corrected chi connectivity index (χ0v) is 28.9. The Morgan fingerprint density at radius 2 is 1.77 bits per heavy atom. The summed E-state index contributed by atoms with van der Waals surface area (Å²) in [6.45, 7) is 11.5. The number of carbonyl (C=O) groups excluding carboxylic acids is 1. The van der Waals surface area contributed by atoms with E-state index in [0.717, 1.165) is 34.3 Å². The van der Waals surface area contributed by atoms with E-state index in [-0.39, 0.29) is 28.3 Å². The highest BCUT2D eigenvalue weighted by molar-refractivity contribution is 6.76. The number of anilines is 1. The maximum Gasteiger partial charge on any atom is 0.261 e. The van der Waals surface area contributed by atoms with Gasteiger partial charge in [0.15, 0.2) is 11.6 Å². The molecule has 9 nitrogen and oxygen atoms in total. The van der Waals surface area contributed by atoms with Crippen LogP contribution in [0.5, 0.6) is 11.6 Å². The number of aryl methyl sites for hydroxylation is 2. The Labute approximate surface area is 279 Å². The summed E-state index contributed by atoms with van der Waals surface area (Å²) >= 11 is 0. The van der Waals surface area contributed by atoms with Crippen LogP contribution in [0.1, 0.15) is 21.6 Å². The zero-order chi connectivity index (χ0) is 34.2. The summed E-state index contributed by atoms with van der Waals surface area (Å²) in [5.74, 6) is -1.24. The minimum Gasteiger partial charge on any atom is -0.435 e. The zero-order valence-electron chi connectivity index (χ0n) is 27.9. The third kappa shape index (κ3) is 6.64. The molecule has 0 spiro atoms. The number of amides is 1. The fraction of sp³-hybridized carbons (Fsp3) is 0.243. The number of pyridine rings is 1. The molecule has 3 aromatic heterocycles. The van der Waals surface area contributed by atoms with Crippen LogP contribution in [0.3, 0.4) is 0 Å². The number of nitrogens with zero attached hydrogens (tertiary/aromatic N) is 4. The molecule has 1 N–H and O–H groups in total. The summed E-state index contributed by atoms with van der Waals surface area (Å²) < 4.78 is 31.4. The first-order valence-corrected chi connectivity index (χ1v) is 19.5. The topological polar surface area (TPSA) is 100 Å². The Morgan fingerprint density at radius 3 is 2.50 bits per heavy atom. The van der Waals surface area contributed by atoms with Gasteiger partial charge in [-0.3, -0.25) is 9.59 Å². The molecule has 1 amide bonds. The number of halogens is 1. The average Bonchev–Trinajstić information content (AvgIpc) is 3.43. The predicted octanol–water partition coefficient (Wildman–Crippen LogP) is 8.06. The van der Waals surface area contributed by atoms with Crippen LogP contribution in [0.4, 0.5) is 10.1 Å². The van der Waals surface area contributed by atoms with Gasteiger partial charge in [0.1, 0.15) is 24.3 Å². The first-order chi connectivity index (χ1) is 22.9. The van der Waals surface area contributed by atoms with Gasteiger partial charge in [0.25, 0.3) is 5.91 Å². The van der Waals surface area contributed by atoms with Crippen molar-refractivity contribution in [3.63, 3.8) is 0 Å². The van der Waals surface area contributed by atoms with E-state index in [2.05, 4.69) is 34.9 Å². The van der Waals surface area contributed by atoms with E-state index in [1.165, 1.54) is 18.5 Å². The molecule has 6 rings (SSSR count). The van der Waals surface area contributed by atoms with Crippen LogP contribution in [0.25, 0.3) is 33.1 Å². The minimum absolute atomic E-state index is 0.00197. The van der Waals surface area contributed by atoms with E-state index in [4.69, 9.17) is 9.47 Å². The lowest BCUT2D eigenvalue weighted by molar-refractivity contribution is 0.0899. The maximum absolute atomic E-state index is 15.6. The number of nitrogens with one attached hydrogen (secondary N) is 1. The van der Waals surface area contributed by atoms with E-state index >= 15 is 4.39 Å². The standard InChI is InChI=1S/C37H38FN5O4Si/c1-23-12-14-30-27(18-23)34(44)32(24(2)42(30)3)36(45)41-26-13-15-31(29(38)19-26)47-37-33-28(25-10-8-7-9-11-25)20-43(35(33)39-21-40-37)22-46-16-17-48(4,5)6/h7-15,18-21H,16-17,22H2,1-6H3,(H,41,45). The van der Waals surface area contributed by atoms with E-state index in [0.29, 0.717) is 35.5 Å². The maximum atomic E-state index is 15.6. The fourth-order valence-corrected chi connectivity index (χ4v) is 6.40. The largest absolute Gasteiger partial charge is 0.435 e. The van der Waals surface area contributed by atoms with Crippen molar-refractivity contribution in [1.29, 1.82) is 0 Å². The average molecular weight is 664 g/mol. The van der Waals surface area contributed by atoms with Crippen molar-refractivity contribution in [1.82, 2.24) is 19.1 Å². The minimum atomic E-state index is -1.26. The number of ether oxygens (including phenoxy) is 2. The van der Waals surface area contributed by atoms with Crippen molar-refractivity contribution >= 4 is 41.6 Å². The molecule has 0 aliphatic carbocycles. The van der Waals surface area contributed by atoms with Crippen LogP contribution in [0.2, 0.25) is 25.7 Å². The van der Waals surface area contributed by atoms with Gasteiger partial charge in [0, 0.05) is 56.3 Å². The van der Waals surface area contributed by atoms with Crippen molar-refractivity contribution < 1.29 is 18.7 Å². The molecule has 11 heteroatoms. The smallest absolute Gasteiger partial charge is 0.261 e. The molecule has 0 saturated carbocycles. The number of rotatable bonds is 10. The molecule has 3 heterocycles. The van der Waals surface area contributed by atoms with Crippen LogP contribution >= 0.6 is 0 Å². The van der Waals surface area contributed by atoms with Crippen LogP contribution in [0, 0.1) is 19.7 Å². The third-order valence-electron chi connectivity index (χ3n) is 8.40. The van der Waals surface area contributed by atoms with Crippen LogP contribution in [0.15, 0.2) is 84.0 Å². The SMILES string of the molecule is Cc1ccc2c(c1)c(=O)c(C(=O)Nc1ccc(Oc3ncnc4c3c(-c3ccccc3)cn4COCC[Si](C)(C)C)c(F)c1)c(C)n2C. The Balaban J connectivity index is 1.29. The molecule has 6 aromatic rings. The molecule has 48 heavy (non-hydrogen) atoms.